The van der Waals surface area contributed by atoms with Crippen molar-refractivity contribution in [3.63, 3.8) is 0 Å². The number of benzene rings is 1. The van der Waals surface area contributed by atoms with E-state index < -0.39 is 41.8 Å². The van der Waals surface area contributed by atoms with Crippen LogP contribution in [0.2, 0.25) is 0 Å². The van der Waals surface area contributed by atoms with E-state index in [1.165, 1.54) is 35.8 Å². The Morgan fingerprint density at radius 2 is 1.92 bits per heavy atom. The summed E-state index contributed by atoms with van der Waals surface area (Å²) in [7, 11) is 0. The molecule has 1 saturated heterocycles. The Labute approximate surface area is 207 Å². The molecule has 1 aliphatic heterocycles. The van der Waals surface area contributed by atoms with E-state index in [4.69, 9.17) is 10.2 Å². The van der Waals surface area contributed by atoms with Gasteiger partial charge in [-0.1, -0.05) is 30.3 Å². The minimum Gasteiger partial charge on any atom is -0.459 e. The number of nitrogens with two attached hydrogens (primary N) is 1. The van der Waals surface area contributed by atoms with Crippen molar-refractivity contribution in [3.05, 3.63) is 84.3 Å². The maximum Gasteiger partial charge on any atom is 0.290 e. The zero-order valence-corrected chi connectivity index (χ0v) is 19.4. The predicted molar refractivity (Wildman–Crippen MR) is 127 cm³/mol. The third-order valence-corrected chi connectivity index (χ3v) is 5.97. The number of nitrogens with one attached hydrogen (secondary N) is 2. The van der Waals surface area contributed by atoms with Crippen LogP contribution in [0.4, 0.5) is 0 Å². The lowest BCUT2D eigenvalue weighted by atomic mass is 9.95. The molecule has 0 radical (unpaired) electrons. The van der Waals surface area contributed by atoms with Crippen molar-refractivity contribution in [2.45, 2.75) is 37.4 Å². The van der Waals surface area contributed by atoms with E-state index in [2.05, 4.69) is 20.6 Å². The molecule has 1 aromatic carbocycles. The van der Waals surface area contributed by atoms with Crippen molar-refractivity contribution in [1.82, 2.24) is 25.5 Å². The van der Waals surface area contributed by atoms with Crippen LogP contribution in [0.5, 0.6) is 0 Å². The van der Waals surface area contributed by atoms with Crippen molar-refractivity contribution in [3.8, 4) is 0 Å². The molecule has 3 heterocycles. The Kier molecular flexibility index (Phi) is 7.69. The smallest absolute Gasteiger partial charge is 0.290 e. The summed E-state index contributed by atoms with van der Waals surface area (Å²) in [5, 5.41) is 5.55. The summed E-state index contributed by atoms with van der Waals surface area (Å²) in [6.45, 7) is 0.183. The lowest BCUT2D eigenvalue weighted by molar-refractivity contribution is -0.131. The fourth-order valence-electron chi connectivity index (χ4n) is 4.15. The van der Waals surface area contributed by atoms with Gasteiger partial charge in [0.25, 0.3) is 11.8 Å². The van der Waals surface area contributed by atoms with Crippen LogP contribution in [-0.2, 0) is 16.0 Å². The standard InChI is InChI=1S/C25H26N6O5/c26-22(32)18(13-16-5-2-1-3-6-16)30-24(34)20-14-17(29-23(33)19-15-27-9-10-28-19)8-11-31(20)25(35)21-7-4-12-36-21/h1-7,9-10,12,15,17-18,20H,8,11,13-14H2,(H2,26,32)(H,29,33)(H,30,34)/t17-,18+,20-/m0/s1. The summed E-state index contributed by atoms with van der Waals surface area (Å²) in [6, 6.07) is 9.88. The summed E-state index contributed by atoms with van der Waals surface area (Å²) in [5.74, 6) is -2.05. The maximum absolute atomic E-state index is 13.4. The molecule has 4 rings (SSSR count). The number of hydrogen-bond donors (Lipinski definition) is 3. The normalized spacial score (nSPS) is 18.2. The van der Waals surface area contributed by atoms with Crippen molar-refractivity contribution in [2.75, 3.05) is 6.54 Å². The molecule has 0 aliphatic carbocycles. The number of furan rings is 1. The second-order valence-electron chi connectivity index (χ2n) is 8.43. The van der Waals surface area contributed by atoms with E-state index >= 15 is 0 Å². The first-order valence-corrected chi connectivity index (χ1v) is 11.5. The number of carbonyl (C=O) groups is 4. The van der Waals surface area contributed by atoms with Crippen LogP contribution in [0.1, 0.15) is 39.4 Å². The molecular formula is C25H26N6O5. The second-order valence-corrected chi connectivity index (χ2v) is 8.43. The molecule has 0 spiro atoms. The number of amides is 4. The Hall–Kier alpha value is -4.54. The van der Waals surface area contributed by atoms with Gasteiger partial charge >= 0.3 is 0 Å². The highest BCUT2D eigenvalue weighted by molar-refractivity contribution is 5.97. The Morgan fingerprint density at radius 3 is 2.58 bits per heavy atom. The average Bonchev–Trinajstić information content (AvgIpc) is 3.44. The van der Waals surface area contributed by atoms with Gasteiger partial charge in [-0.2, -0.15) is 0 Å². The molecule has 11 heteroatoms. The summed E-state index contributed by atoms with van der Waals surface area (Å²) in [6.07, 6.45) is 6.32. The SMILES string of the molecule is NC(=O)[C@@H](Cc1ccccc1)NC(=O)[C@@H]1C[C@@H](NC(=O)c2cnccn2)CCN1C(=O)c1ccco1. The zero-order chi connectivity index (χ0) is 25.5. The van der Waals surface area contributed by atoms with Gasteiger partial charge in [-0.15, -0.1) is 0 Å². The minimum atomic E-state index is -0.977. The third-order valence-electron chi connectivity index (χ3n) is 5.97. The Morgan fingerprint density at radius 1 is 1.11 bits per heavy atom. The van der Waals surface area contributed by atoms with Gasteiger partial charge in [0, 0.05) is 31.4 Å². The van der Waals surface area contributed by atoms with E-state index in [1.54, 1.807) is 6.07 Å². The number of nitrogens with zero attached hydrogens (tertiary/aromatic N) is 3. The van der Waals surface area contributed by atoms with Gasteiger partial charge in [-0.25, -0.2) is 4.98 Å². The molecule has 1 aliphatic rings. The Bertz CT molecular complexity index is 1200. The maximum atomic E-state index is 13.4. The van der Waals surface area contributed by atoms with Crippen LogP contribution >= 0.6 is 0 Å². The first kappa shape index (κ1) is 24.6. The van der Waals surface area contributed by atoms with Gasteiger partial charge in [0.15, 0.2) is 5.76 Å². The number of hydrogen-bond acceptors (Lipinski definition) is 7. The fraction of sp³-hybridized carbons (Fsp3) is 0.280. The van der Waals surface area contributed by atoms with Gasteiger partial charge in [0.05, 0.1) is 12.5 Å². The summed E-state index contributed by atoms with van der Waals surface area (Å²) in [5.41, 5.74) is 6.54. The van der Waals surface area contributed by atoms with E-state index in [9.17, 15) is 19.2 Å². The number of piperidine rings is 1. The summed E-state index contributed by atoms with van der Waals surface area (Å²) in [4.78, 5) is 60.5. The molecule has 0 unspecified atom stereocenters. The summed E-state index contributed by atoms with van der Waals surface area (Å²) < 4.78 is 5.24. The van der Waals surface area contributed by atoms with Crippen LogP contribution in [0.15, 0.2) is 71.7 Å². The van der Waals surface area contributed by atoms with Crippen molar-refractivity contribution in [2.24, 2.45) is 5.73 Å². The van der Waals surface area contributed by atoms with Crippen molar-refractivity contribution < 1.29 is 23.6 Å². The molecule has 0 bridgehead atoms. The molecule has 4 amide bonds. The van der Waals surface area contributed by atoms with Crippen molar-refractivity contribution >= 4 is 23.6 Å². The molecule has 3 atom stereocenters. The van der Waals surface area contributed by atoms with Gasteiger partial charge < -0.3 is 25.7 Å². The van der Waals surface area contributed by atoms with Gasteiger partial charge in [0.1, 0.15) is 17.8 Å². The fourth-order valence-corrected chi connectivity index (χ4v) is 4.15. The van der Waals surface area contributed by atoms with Crippen molar-refractivity contribution in [1.29, 1.82) is 0 Å². The zero-order valence-electron chi connectivity index (χ0n) is 19.4. The average molecular weight is 491 g/mol. The number of likely N-dealkylation sites (tertiary alicyclic amines) is 1. The minimum absolute atomic E-state index is 0.0885. The highest BCUT2D eigenvalue weighted by Crippen LogP contribution is 2.22. The van der Waals surface area contributed by atoms with Crippen LogP contribution < -0.4 is 16.4 Å². The molecule has 3 aromatic rings. The molecule has 11 nitrogen and oxygen atoms in total. The predicted octanol–water partition coefficient (Wildman–Crippen LogP) is 0.686. The highest BCUT2D eigenvalue weighted by atomic mass is 16.3. The van der Waals surface area contributed by atoms with Gasteiger partial charge in [-0.05, 0) is 30.5 Å². The van der Waals surface area contributed by atoms with Crippen LogP contribution in [0.25, 0.3) is 0 Å². The first-order chi connectivity index (χ1) is 17.4. The first-order valence-electron chi connectivity index (χ1n) is 11.5. The monoisotopic (exact) mass is 490 g/mol. The number of primary amides is 1. The summed E-state index contributed by atoms with van der Waals surface area (Å²) >= 11 is 0. The highest BCUT2D eigenvalue weighted by Gasteiger charge is 2.39. The van der Waals surface area contributed by atoms with E-state index in [0.29, 0.717) is 6.42 Å². The molecule has 2 aromatic heterocycles. The van der Waals surface area contributed by atoms with E-state index in [-0.39, 0.29) is 30.8 Å². The lowest BCUT2D eigenvalue weighted by Gasteiger charge is -2.38. The molecule has 36 heavy (non-hydrogen) atoms. The molecule has 1 fully saturated rings. The van der Waals surface area contributed by atoms with Gasteiger partial charge in [0.2, 0.25) is 11.8 Å². The number of rotatable bonds is 8. The lowest BCUT2D eigenvalue weighted by Crippen LogP contribution is -2.59. The van der Waals surface area contributed by atoms with Gasteiger partial charge in [-0.3, -0.25) is 24.2 Å². The Balaban J connectivity index is 1.51. The third kappa shape index (κ3) is 5.93. The van der Waals surface area contributed by atoms with Crippen LogP contribution in [-0.4, -0.2) is 63.2 Å². The molecule has 0 saturated carbocycles. The molecular weight excluding hydrogens is 464 g/mol. The van der Waals surface area contributed by atoms with E-state index in [0.717, 1.165) is 5.56 Å². The number of carbonyl (C=O) groups excluding carboxylic acids is 4. The second kappa shape index (κ2) is 11.3. The molecule has 4 N–H and O–H groups in total. The van der Waals surface area contributed by atoms with E-state index in [1.807, 2.05) is 30.3 Å². The quantitative estimate of drug-likeness (QED) is 0.418. The van der Waals surface area contributed by atoms with Crippen LogP contribution in [0, 0.1) is 0 Å². The largest absolute Gasteiger partial charge is 0.459 e. The number of aromatic nitrogens is 2. The topological polar surface area (TPSA) is 161 Å². The van der Waals surface area contributed by atoms with Crippen LogP contribution in [0.3, 0.4) is 0 Å². The molecule has 186 valence electrons.